The number of ether oxygens (including phenoxy) is 1. The quantitative estimate of drug-likeness (QED) is 0.429. The van der Waals surface area contributed by atoms with Gasteiger partial charge in [0.05, 0.1) is 41.1 Å². The number of amides is 2. The monoisotopic (exact) mass is 612 g/mol. The van der Waals surface area contributed by atoms with Crippen LogP contribution in [0.5, 0.6) is 0 Å². The third kappa shape index (κ3) is 6.41. The second-order valence-electron chi connectivity index (χ2n) is 9.02. The molecule has 3 heterocycles. The Hall–Kier alpha value is -3.45. The molecule has 2 saturated heterocycles. The normalized spacial score (nSPS) is 15.7. The number of hydrogen-bond acceptors (Lipinski definition) is 5. The van der Waals surface area contributed by atoms with Gasteiger partial charge in [-0.1, -0.05) is 28.1 Å². The summed E-state index contributed by atoms with van der Waals surface area (Å²) in [6.07, 6.45) is -2.85. The van der Waals surface area contributed by atoms with Crippen molar-refractivity contribution in [1.29, 1.82) is 0 Å². The third-order valence-electron chi connectivity index (χ3n) is 6.42. The van der Waals surface area contributed by atoms with E-state index in [1.807, 2.05) is 0 Å². The summed E-state index contributed by atoms with van der Waals surface area (Å²) in [4.78, 5) is 40.6. The van der Waals surface area contributed by atoms with E-state index < -0.39 is 29.0 Å². The topological polar surface area (TPSA) is 109 Å². The van der Waals surface area contributed by atoms with E-state index in [0.717, 1.165) is 25.0 Å². The average molecular weight is 613 g/mol. The number of aromatic amines is 1. The molecule has 3 N–H and O–H groups in total. The number of H-pyrrole nitrogens is 1. The van der Waals surface area contributed by atoms with Crippen molar-refractivity contribution in [3.63, 3.8) is 0 Å². The molecule has 8 nitrogen and oxygen atoms in total. The Bertz CT molecular complexity index is 1450. The lowest BCUT2D eigenvalue weighted by molar-refractivity contribution is -0.137. The molecule has 5 rings (SSSR count). The van der Waals surface area contributed by atoms with Gasteiger partial charge in [0, 0.05) is 42.1 Å². The van der Waals surface area contributed by atoms with Crippen molar-refractivity contribution >= 4 is 44.3 Å². The van der Waals surface area contributed by atoms with Gasteiger partial charge in [0.25, 0.3) is 5.91 Å². The molecule has 2 aliphatic rings. The van der Waals surface area contributed by atoms with E-state index in [0.29, 0.717) is 44.8 Å². The van der Waals surface area contributed by atoms with E-state index in [2.05, 4.69) is 20.9 Å². The Balaban J connectivity index is 0.000000202. The molecule has 0 radical (unpaired) electrons. The molecule has 3 aromatic rings. The van der Waals surface area contributed by atoms with Gasteiger partial charge in [-0.15, -0.1) is 0 Å². The highest BCUT2D eigenvalue weighted by atomic mass is 79.9. The molecule has 1 aromatic heterocycles. The summed E-state index contributed by atoms with van der Waals surface area (Å²) in [6.45, 7) is 2.68. The number of aromatic nitrogens is 1. The number of anilines is 1. The Labute approximate surface area is 228 Å². The van der Waals surface area contributed by atoms with Crippen LogP contribution >= 0.6 is 15.9 Å². The molecule has 2 aliphatic heterocycles. The van der Waals surface area contributed by atoms with Gasteiger partial charge in [-0.3, -0.25) is 14.4 Å². The predicted octanol–water partition coefficient (Wildman–Crippen LogP) is 4.31. The Morgan fingerprint density at radius 1 is 1.00 bits per heavy atom. The van der Waals surface area contributed by atoms with Crippen LogP contribution in [0.4, 0.5) is 23.2 Å². The first kappa shape index (κ1) is 28.6. The maximum atomic E-state index is 13.6. The van der Waals surface area contributed by atoms with Crippen molar-refractivity contribution in [2.24, 2.45) is 5.73 Å². The van der Waals surface area contributed by atoms with E-state index in [1.165, 1.54) is 24.3 Å². The van der Waals surface area contributed by atoms with Crippen LogP contribution < -0.4 is 16.2 Å². The maximum absolute atomic E-state index is 13.6. The van der Waals surface area contributed by atoms with Crippen LogP contribution in [0.1, 0.15) is 39.1 Å². The summed E-state index contributed by atoms with van der Waals surface area (Å²) in [6, 6.07) is 7.79. The predicted molar refractivity (Wildman–Crippen MR) is 140 cm³/mol. The second-order valence-corrected chi connectivity index (χ2v) is 9.94. The van der Waals surface area contributed by atoms with Crippen molar-refractivity contribution in [3.8, 4) is 0 Å². The molecule has 0 unspecified atom stereocenters. The summed E-state index contributed by atoms with van der Waals surface area (Å²) in [5.41, 5.74) is 3.92. The molecule has 0 saturated carbocycles. The lowest BCUT2D eigenvalue weighted by Crippen LogP contribution is -2.41. The summed E-state index contributed by atoms with van der Waals surface area (Å²) in [7, 11) is 0. The minimum atomic E-state index is -4.51. The average Bonchev–Trinajstić information content (AvgIpc) is 3.43. The van der Waals surface area contributed by atoms with E-state index in [4.69, 9.17) is 10.5 Å². The number of alkyl halides is 3. The number of primary amides is 1. The molecule has 2 amide bonds. The maximum Gasteiger partial charge on any atom is 0.418 e. The minimum absolute atomic E-state index is 0.00111. The number of hydrogen-bond donors (Lipinski definition) is 2. The van der Waals surface area contributed by atoms with Gasteiger partial charge in [-0.05, 0) is 31.0 Å². The number of nitrogens with zero attached hydrogens (tertiary/aromatic N) is 2. The van der Waals surface area contributed by atoms with Crippen LogP contribution in [-0.4, -0.2) is 61.1 Å². The fourth-order valence-corrected chi connectivity index (χ4v) is 5.10. The molecule has 39 heavy (non-hydrogen) atoms. The largest absolute Gasteiger partial charge is 0.418 e. The van der Waals surface area contributed by atoms with E-state index in [-0.39, 0.29) is 32.7 Å². The van der Waals surface area contributed by atoms with E-state index in [1.54, 1.807) is 9.80 Å². The van der Waals surface area contributed by atoms with Gasteiger partial charge in [0.15, 0.2) is 0 Å². The Morgan fingerprint density at radius 3 is 2.28 bits per heavy atom. The number of benzene rings is 2. The third-order valence-corrected chi connectivity index (χ3v) is 6.88. The van der Waals surface area contributed by atoms with Crippen molar-refractivity contribution in [1.82, 2.24) is 9.88 Å². The van der Waals surface area contributed by atoms with Gasteiger partial charge in [0.1, 0.15) is 5.82 Å². The summed E-state index contributed by atoms with van der Waals surface area (Å²) < 4.78 is 59.5. The van der Waals surface area contributed by atoms with Gasteiger partial charge < -0.3 is 25.3 Å². The number of halogens is 5. The molecule has 13 heteroatoms. The zero-order valence-electron chi connectivity index (χ0n) is 20.6. The molecule has 0 bridgehead atoms. The smallest absolute Gasteiger partial charge is 0.378 e. The highest BCUT2D eigenvalue weighted by Gasteiger charge is 2.39. The van der Waals surface area contributed by atoms with Crippen molar-refractivity contribution in [2.45, 2.75) is 19.0 Å². The fourth-order valence-electron chi connectivity index (χ4n) is 4.64. The standard InChI is InChI=1S/C16H18BrF3N2O2.C10H7FN2O2/c17-11-9-12(15(23)22-5-7-24-8-6-22)14(21-3-1-2-4-21)13(10-11)16(18,19)20;11-7-3-1-2-5-6(10(12)15)4-8(14)13-9(5)7/h9-10H,1-8H2;1-4H,(H2,12,15)(H,13,14). The highest BCUT2D eigenvalue weighted by molar-refractivity contribution is 9.10. The summed E-state index contributed by atoms with van der Waals surface area (Å²) in [5, 5.41) is 0.308. The number of morpholine rings is 1. The number of fused-ring (bicyclic) bond motifs is 1. The first-order valence-corrected chi connectivity index (χ1v) is 12.9. The number of pyridine rings is 1. The zero-order chi connectivity index (χ0) is 28.3. The number of para-hydroxylation sites is 1. The molecule has 0 aliphatic carbocycles. The van der Waals surface area contributed by atoms with Gasteiger partial charge in [-0.2, -0.15) is 13.2 Å². The lowest BCUT2D eigenvalue weighted by atomic mass is 10.0. The molecular formula is C26H25BrF4N4O4. The van der Waals surface area contributed by atoms with Crippen LogP contribution in [0.15, 0.2) is 45.7 Å². The fraction of sp³-hybridized carbons (Fsp3) is 0.346. The SMILES string of the molecule is NC(=O)c1cc(=O)[nH]c2c(F)cccc12.O=C(c1cc(Br)cc(C(F)(F)F)c1N1CCCC1)N1CCOCC1. The van der Waals surface area contributed by atoms with Crippen LogP contribution in [0, 0.1) is 5.82 Å². The van der Waals surface area contributed by atoms with Gasteiger partial charge >= 0.3 is 6.18 Å². The molecule has 2 fully saturated rings. The van der Waals surface area contributed by atoms with Crippen LogP contribution in [0.3, 0.4) is 0 Å². The minimum Gasteiger partial charge on any atom is -0.378 e. The summed E-state index contributed by atoms with van der Waals surface area (Å²) >= 11 is 3.13. The molecule has 0 spiro atoms. The van der Waals surface area contributed by atoms with Crippen molar-refractivity contribution in [3.05, 3.63) is 73.7 Å². The van der Waals surface area contributed by atoms with E-state index in [9.17, 15) is 31.9 Å². The molecular weight excluding hydrogens is 588 g/mol. The Kier molecular flexibility index (Phi) is 8.60. The van der Waals surface area contributed by atoms with Crippen LogP contribution in [0.25, 0.3) is 10.9 Å². The molecule has 2 aromatic carbocycles. The second kappa shape index (κ2) is 11.7. The number of rotatable bonds is 3. The summed E-state index contributed by atoms with van der Waals surface area (Å²) in [5.74, 6) is -1.71. The lowest BCUT2D eigenvalue weighted by Gasteiger charge is -2.31. The van der Waals surface area contributed by atoms with Crippen molar-refractivity contribution in [2.75, 3.05) is 44.3 Å². The first-order valence-electron chi connectivity index (χ1n) is 12.1. The van der Waals surface area contributed by atoms with Crippen LogP contribution in [-0.2, 0) is 10.9 Å². The van der Waals surface area contributed by atoms with Crippen molar-refractivity contribution < 1.29 is 31.9 Å². The molecule has 208 valence electrons. The first-order chi connectivity index (χ1) is 18.5. The highest BCUT2D eigenvalue weighted by Crippen LogP contribution is 2.42. The van der Waals surface area contributed by atoms with Gasteiger partial charge in [-0.25, -0.2) is 4.39 Å². The molecule has 0 atom stereocenters. The zero-order valence-corrected chi connectivity index (χ0v) is 22.2. The van der Waals surface area contributed by atoms with E-state index >= 15 is 0 Å². The number of carbonyl (C=O) groups excluding carboxylic acids is 2. The number of nitrogens with two attached hydrogens (primary N) is 1. The number of carbonyl (C=O) groups is 2. The number of nitrogens with one attached hydrogen (secondary N) is 1. The Morgan fingerprint density at radius 2 is 1.67 bits per heavy atom. The van der Waals surface area contributed by atoms with Crippen LogP contribution in [0.2, 0.25) is 0 Å². The van der Waals surface area contributed by atoms with Gasteiger partial charge in [0.2, 0.25) is 11.5 Å².